The van der Waals surface area contributed by atoms with Gasteiger partial charge in [-0.3, -0.25) is 0 Å². The standard InChI is InChI=1S/C14H17Cl2N2/c1-3-7-17-8-9-18(11(17)2)10-12-13(15)5-4-6-14(12)16/h4-6,8-9H,3,7,10H2,1-2H3/q+1. The molecule has 0 fully saturated rings. The Morgan fingerprint density at radius 3 is 2.50 bits per heavy atom. The molecule has 0 unspecified atom stereocenters. The van der Waals surface area contributed by atoms with Crippen LogP contribution < -0.4 is 4.57 Å². The van der Waals surface area contributed by atoms with Crippen LogP contribution in [-0.2, 0) is 13.1 Å². The molecule has 0 saturated heterocycles. The molecule has 1 aromatic heterocycles. The molecular formula is C14H17Cl2N2+. The molecule has 2 rings (SSSR count). The van der Waals surface area contributed by atoms with Crippen LogP contribution in [0.5, 0.6) is 0 Å². The zero-order chi connectivity index (χ0) is 13.1. The normalized spacial score (nSPS) is 10.9. The largest absolute Gasteiger partial charge is 0.253 e. The van der Waals surface area contributed by atoms with E-state index in [-0.39, 0.29) is 0 Å². The average molecular weight is 284 g/mol. The van der Waals surface area contributed by atoms with Crippen molar-refractivity contribution in [1.29, 1.82) is 0 Å². The predicted molar refractivity (Wildman–Crippen MR) is 75.2 cm³/mol. The molecule has 0 spiro atoms. The Bertz CT molecular complexity index is 526. The minimum Gasteiger partial charge on any atom is -0.234 e. The van der Waals surface area contributed by atoms with E-state index in [9.17, 15) is 0 Å². The van der Waals surface area contributed by atoms with Gasteiger partial charge in [0.15, 0.2) is 0 Å². The molecule has 96 valence electrons. The molecule has 0 saturated carbocycles. The van der Waals surface area contributed by atoms with Crippen LogP contribution in [0.4, 0.5) is 0 Å². The molecule has 0 radical (unpaired) electrons. The number of benzene rings is 1. The van der Waals surface area contributed by atoms with Crippen LogP contribution in [0.1, 0.15) is 24.7 Å². The number of hydrogen-bond donors (Lipinski definition) is 0. The van der Waals surface area contributed by atoms with Gasteiger partial charge in [0.05, 0.1) is 6.54 Å². The van der Waals surface area contributed by atoms with E-state index in [1.54, 1.807) is 0 Å². The molecule has 0 amide bonds. The van der Waals surface area contributed by atoms with Gasteiger partial charge in [-0.25, -0.2) is 9.13 Å². The third kappa shape index (κ3) is 2.70. The molecule has 0 aliphatic heterocycles. The lowest BCUT2D eigenvalue weighted by Gasteiger charge is -2.05. The summed E-state index contributed by atoms with van der Waals surface area (Å²) in [5.41, 5.74) is 0.975. The fourth-order valence-electron chi connectivity index (χ4n) is 2.04. The van der Waals surface area contributed by atoms with Crippen molar-refractivity contribution in [2.45, 2.75) is 33.4 Å². The SMILES string of the molecule is CCCn1cc[n+](Cc2c(Cl)cccc2Cl)c1C. The van der Waals surface area contributed by atoms with Crippen LogP contribution in [0.2, 0.25) is 10.0 Å². The summed E-state index contributed by atoms with van der Waals surface area (Å²) in [6.45, 7) is 6.03. The lowest BCUT2D eigenvalue weighted by molar-refractivity contribution is -0.693. The first-order valence-electron chi connectivity index (χ1n) is 6.11. The number of nitrogens with zero attached hydrogens (tertiary/aromatic N) is 2. The number of imidazole rings is 1. The van der Waals surface area contributed by atoms with Gasteiger partial charge in [-0.1, -0.05) is 36.2 Å². The summed E-state index contributed by atoms with van der Waals surface area (Å²) < 4.78 is 4.41. The summed E-state index contributed by atoms with van der Waals surface area (Å²) in [4.78, 5) is 0. The van der Waals surface area contributed by atoms with E-state index in [2.05, 4.69) is 35.4 Å². The third-order valence-electron chi connectivity index (χ3n) is 3.11. The van der Waals surface area contributed by atoms with Gasteiger partial charge in [0, 0.05) is 22.5 Å². The highest BCUT2D eigenvalue weighted by Gasteiger charge is 2.14. The van der Waals surface area contributed by atoms with E-state index in [1.165, 1.54) is 5.82 Å². The summed E-state index contributed by atoms with van der Waals surface area (Å²) in [7, 11) is 0. The summed E-state index contributed by atoms with van der Waals surface area (Å²) in [6.07, 6.45) is 5.30. The van der Waals surface area contributed by atoms with Crippen molar-refractivity contribution in [2.24, 2.45) is 0 Å². The van der Waals surface area contributed by atoms with Crippen molar-refractivity contribution in [3.8, 4) is 0 Å². The number of hydrogen-bond acceptors (Lipinski definition) is 0. The van der Waals surface area contributed by atoms with Crippen LogP contribution >= 0.6 is 23.2 Å². The molecule has 0 N–H and O–H groups in total. The molecule has 0 atom stereocenters. The molecule has 2 aromatic rings. The van der Waals surface area contributed by atoms with Crippen molar-refractivity contribution in [3.05, 3.63) is 52.0 Å². The molecule has 2 nitrogen and oxygen atoms in total. The topological polar surface area (TPSA) is 8.81 Å². The highest BCUT2D eigenvalue weighted by atomic mass is 35.5. The predicted octanol–water partition coefficient (Wildman–Crippen LogP) is 3.85. The van der Waals surface area contributed by atoms with Crippen LogP contribution in [-0.4, -0.2) is 4.57 Å². The first kappa shape index (κ1) is 13.4. The first-order chi connectivity index (χ1) is 8.63. The molecule has 0 aliphatic carbocycles. The highest BCUT2D eigenvalue weighted by Crippen LogP contribution is 2.23. The second-order valence-electron chi connectivity index (χ2n) is 4.37. The number of aryl methyl sites for hydroxylation is 1. The molecule has 1 heterocycles. The minimum absolute atomic E-state index is 0.709. The lowest BCUT2D eigenvalue weighted by atomic mass is 10.2. The van der Waals surface area contributed by atoms with Crippen LogP contribution in [0.3, 0.4) is 0 Å². The van der Waals surface area contributed by atoms with Crippen LogP contribution in [0.25, 0.3) is 0 Å². The Labute approximate surface area is 118 Å². The smallest absolute Gasteiger partial charge is 0.234 e. The van der Waals surface area contributed by atoms with E-state index in [0.717, 1.165) is 28.6 Å². The molecule has 0 bridgehead atoms. The van der Waals surface area contributed by atoms with Gasteiger partial charge in [0.1, 0.15) is 18.9 Å². The summed E-state index contributed by atoms with van der Waals surface area (Å²) in [5.74, 6) is 1.22. The Morgan fingerprint density at radius 1 is 1.22 bits per heavy atom. The molecule has 1 aromatic carbocycles. The third-order valence-corrected chi connectivity index (χ3v) is 3.82. The highest BCUT2D eigenvalue weighted by molar-refractivity contribution is 6.35. The van der Waals surface area contributed by atoms with Crippen LogP contribution in [0, 0.1) is 6.92 Å². The second kappa shape index (κ2) is 5.77. The van der Waals surface area contributed by atoms with Gasteiger partial charge < -0.3 is 0 Å². The van der Waals surface area contributed by atoms with Gasteiger partial charge in [0.25, 0.3) is 5.82 Å². The molecule has 4 heteroatoms. The van der Waals surface area contributed by atoms with Gasteiger partial charge in [-0.2, -0.15) is 0 Å². The number of rotatable bonds is 4. The van der Waals surface area contributed by atoms with E-state index < -0.39 is 0 Å². The van der Waals surface area contributed by atoms with Crippen molar-refractivity contribution < 1.29 is 4.57 Å². The van der Waals surface area contributed by atoms with Gasteiger partial charge in [0.2, 0.25) is 0 Å². The van der Waals surface area contributed by atoms with E-state index in [0.29, 0.717) is 6.54 Å². The average Bonchev–Trinajstić information content (AvgIpc) is 2.67. The summed E-state index contributed by atoms with van der Waals surface area (Å²) in [5, 5.41) is 1.44. The number of halogens is 2. The first-order valence-corrected chi connectivity index (χ1v) is 6.87. The van der Waals surface area contributed by atoms with Gasteiger partial charge in [-0.05, 0) is 18.6 Å². The fraction of sp³-hybridized carbons (Fsp3) is 0.357. The summed E-state index contributed by atoms with van der Waals surface area (Å²) in [6, 6.07) is 5.62. The number of aromatic nitrogens is 2. The lowest BCUT2D eigenvalue weighted by Crippen LogP contribution is -2.36. The minimum atomic E-state index is 0.709. The van der Waals surface area contributed by atoms with Gasteiger partial charge in [-0.15, -0.1) is 0 Å². The Balaban J connectivity index is 2.29. The Morgan fingerprint density at radius 2 is 1.89 bits per heavy atom. The Hall–Kier alpha value is -0.990. The van der Waals surface area contributed by atoms with Crippen molar-refractivity contribution in [1.82, 2.24) is 4.57 Å². The monoisotopic (exact) mass is 283 g/mol. The quantitative estimate of drug-likeness (QED) is 0.754. The molecular weight excluding hydrogens is 267 g/mol. The van der Waals surface area contributed by atoms with E-state index >= 15 is 0 Å². The summed E-state index contributed by atoms with van der Waals surface area (Å²) >= 11 is 12.4. The maximum Gasteiger partial charge on any atom is 0.253 e. The maximum atomic E-state index is 6.20. The van der Waals surface area contributed by atoms with E-state index in [1.807, 2.05) is 18.2 Å². The second-order valence-corrected chi connectivity index (χ2v) is 5.18. The zero-order valence-electron chi connectivity index (χ0n) is 10.7. The Kier molecular flexibility index (Phi) is 4.31. The fourth-order valence-corrected chi connectivity index (χ4v) is 2.56. The van der Waals surface area contributed by atoms with Crippen molar-refractivity contribution in [2.75, 3.05) is 0 Å². The van der Waals surface area contributed by atoms with Crippen LogP contribution in [0.15, 0.2) is 30.6 Å². The maximum absolute atomic E-state index is 6.20. The zero-order valence-corrected chi connectivity index (χ0v) is 12.2. The molecule has 18 heavy (non-hydrogen) atoms. The van der Waals surface area contributed by atoms with Gasteiger partial charge >= 0.3 is 0 Å². The van der Waals surface area contributed by atoms with Crippen molar-refractivity contribution >= 4 is 23.2 Å². The van der Waals surface area contributed by atoms with Crippen molar-refractivity contribution in [3.63, 3.8) is 0 Å². The molecule has 0 aliphatic rings. The van der Waals surface area contributed by atoms with E-state index in [4.69, 9.17) is 23.2 Å².